The Morgan fingerprint density at radius 1 is 1.23 bits per heavy atom. The van der Waals surface area contributed by atoms with Crippen molar-refractivity contribution >= 4 is 5.82 Å². The molecule has 2 heterocycles. The number of aromatic nitrogens is 4. The largest absolute Gasteiger partial charge is 0.481 e. The smallest absolute Gasteiger partial charge is 0.218 e. The number of nitrogens with zero attached hydrogens (tertiary/aromatic N) is 4. The molecule has 3 aromatic rings. The van der Waals surface area contributed by atoms with Gasteiger partial charge in [0.2, 0.25) is 5.88 Å². The van der Waals surface area contributed by atoms with E-state index in [-0.39, 0.29) is 6.04 Å². The van der Waals surface area contributed by atoms with E-state index < -0.39 is 0 Å². The monoisotopic (exact) mass is 295 g/mol. The molecular weight excluding hydrogens is 278 g/mol. The summed E-state index contributed by atoms with van der Waals surface area (Å²) in [6.07, 6.45) is 7.01. The van der Waals surface area contributed by atoms with Gasteiger partial charge in [-0.1, -0.05) is 30.3 Å². The molecule has 0 fully saturated rings. The van der Waals surface area contributed by atoms with Gasteiger partial charge in [0.25, 0.3) is 0 Å². The second kappa shape index (κ2) is 6.71. The molecule has 0 aliphatic heterocycles. The van der Waals surface area contributed by atoms with E-state index in [0.717, 1.165) is 12.4 Å². The normalized spacial score (nSPS) is 11.9. The van der Waals surface area contributed by atoms with Crippen molar-refractivity contribution in [2.45, 2.75) is 12.6 Å². The van der Waals surface area contributed by atoms with E-state index in [1.807, 2.05) is 29.0 Å². The summed E-state index contributed by atoms with van der Waals surface area (Å²) < 4.78 is 7.17. The fourth-order valence-electron chi connectivity index (χ4n) is 2.23. The zero-order chi connectivity index (χ0) is 15.2. The average molecular weight is 295 g/mol. The van der Waals surface area contributed by atoms with Crippen LogP contribution in [0.3, 0.4) is 0 Å². The topological polar surface area (TPSA) is 64.9 Å². The summed E-state index contributed by atoms with van der Waals surface area (Å²) in [5, 5.41) is 3.43. The number of nitrogens with one attached hydrogen (secondary N) is 1. The van der Waals surface area contributed by atoms with Gasteiger partial charge in [-0.05, 0) is 5.56 Å². The molecule has 0 amide bonds. The first kappa shape index (κ1) is 14.1. The second-order valence-electron chi connectivity index (χ2n) is 4.81. The Bertz CT molecular complexity index is 700. The SMILES string of the molecule is COc1cc(N[C@@H](Cn2ccnc2)c2ccccc2)ncn1. The van der Waals surface area contributed by atoms with Gasteiger partial charge in [0.1, 0.15) is 12.1 Å². The molecule has 0 unspecified atom stereocenters. The van der Waals surface area contributed by atoms with Crippen LogP contribution in [0.15, 0.2) is 61.4 Å². The van der Waals surface area contributed by atoms with Crippen LogP contribution in [0.2, 0.25) is 0 Å². The lowest BCUT2D eigenvalue weighted by molar-refractivity contribution is 0.397. The van der Waals surface area contributed by atoms with E-state index in [2.05, 4.69) is 32.4 Å². The highest BCUT2D eigenvalue weighted by Crippen LogP contribution is 2.21. The predicted molar refractivity (Wildman–Crippen MR) is 83.6 cm³/mol. The van der Waals surface area contributed by atoms with Gasteiger partial charge in [0.05, 0.1) is 19.5 Å². The minimum absolute atomic E-state index is 0.0648. The molecule has 1 atom stereocenters. The number of methoxy groups -OCH3 is 1. The molecule has 0 radical (unpaired) electrons. The van der Waals surface area contributed by atoms with Crippen LogP contribution in [0.5, 0.6) is 5.88 Å². The summed E-state index contributed by atoms with van der Waals surface area (Å²) in [6.45, 7) is 0.746. The third kappa shape index (κ3) is 3.41. The van der Waals surface area contributed by atoms with Crippen molar-refractivity contribution in [1.29, 1.82) is 0 Å². The highest BCUT2D eigenvalue weighted by molar-refractivity contribution is 5.40. The summed E-state index contributed by atoms with van der Waals surface area (Å²) in [7, 11) is 1.59. The van der Waals surface area contributed by atoms with E-state index in [1.165, 1.54) is 11.9 Å². The Morgan fingerprint density at radius 2 is 2.09 bits per heavy atom. The van der Waals surface area contributed by atoms with E-state index in [1.54, 1.807) is 25.7 Å². The van der Waals surface area contributed by atoms with Gasteiger partial charge in [-0.2, -0.15) is 0 Å². The fourth-order valence-corrected chi connectivity index (χ4v) is 2.23. The second-order valence-corrected chi connectivity index (χ2v) is 4.81. The van der Waals surface area contributed by atoms with Crippen LogP contribution in [-0.2, 0) is 6.54 Å². The summed E-state index contributed by atoms with van der Waals surface area (Å²) in [6, 6.07) is 12.1. The molecule has 2 aromatic heterocycles. The summed E-state index contributed by atoms with van der Waals surface area (Å²) >= 11 is 0. The van der Waals surface area contributed by atoms with Crippen molar-refractivity contribution < 1.29 is 4.74 Å². The Morgan fingerprint density at radius 3 is 2.82 bits per heavy atom. The summed E-state index contributed by atoms with van der Waals surface area (Å²) in [5.74, 6) is 1.26. The molecule has 22 heavy (non-hydrogen) atoms. The van der Waals surface area contributed by atoms with Crippen molar-refractivity contribution in [2.24, 2.45) is 0 Å². The van der Waals surface area contributed by atoms with Gasteiger partial charge in [-0.25, -0.2) is 15.0 Å². The van der Waals surface area contributed by atoms with E-state index in [4.69, 9.17) is 4.74 Å². The third-order valence-electron chi connectivity index (χ3n) is 3.33. The van der Waals surface area contributed by atoms with Crippen LogP contribution in [-0.4, -0.2) is 26.6 Å². The number of hydrogen-bond donors (Lipinski definition) is 1. The lowest BCUT2D eigenvalue weighted by atomic mass is 10.1. The molecule has 112 valence electrons. The first-order valence-electron chi connectivity index (χ1n) is 6.98. The number of benzene rings is 1. The van der Waals surface area contributed by atoms with Gasteiger partial charge < -0.3 is 14.6 Å². The highest BCUT2D eigenvalue weighted by atomic mass is 16.5. The molecule has 1 aromatic carbocycles. The minimum atomic E-state index is 0.0648. The number of imidazole rings is 1. The van der Waals surface area contributed by atoms with E-state index >= 15 is 0 Å². The van der Waals surface area contributed by atoms with Crippen molar-refractivity contribution in [3.05, 3.63) is 67.0 Å². The minimum Gasteiger partial charge on any atom is -0.481 e. The molecule has 0 bridgehead atoms. The van der Waals surface area contributed by atoms with Crippen LogP contribution in [0, 0.1) is 0 Å². The molecule has 6 heteroatoms. The van der Waals surface area contributed by atoms with Crippen LogP contribution in [0.4, 0.5) is 5.82 Å². The first-order chi connectivity index (χ1) is 10.8. The van der Waals surface area contributed by atoms with Gasteiger partial charge in [0, 0.05) is 25.0 Å². The van der Waals surface area contributed by atoms with Crippen LogP contribution in [0.25, 0.3) is 0 Å². The molecule has 0 aliphatic carbocycles. The number of ether oxygens (including phenoxy) is 1. The Balaban J connectivity index is 1.84. The third-order valence-corrected chi connectivity index (χ3v) is 3.33. The number of hydrogen-bond acceptors (Lipinski definition) is 5. The zero-order valence-electron chi connectivity index (χ0n) is 12.3. The van der Waals surface area contributed by atoms with Gasteiger partial charge in [-0.3, -0.25) is 0 Å². The van der Waals surface area contributed by atoms with Crippen LogP contribution >= 0.6 is 0 Å². The first-order valence-corrected chi connectivity index (χ1v) is 6.98. The Kier molecular flexibility index (Phi) is 4.29. The van der Waals surface area contributed by atoms with Crippen LogP contribution in [0.1, 0.15) is 11.6 Å². The van der Waals surface area contributed by atoms with Crippen molar-refractivity contribution in [2.75, 3.05) is 12.4 Å². The van der Waals surface area contributed by atoms with Crippen molar-refractivity contribution in [3.8, 4) is 5.88 Å². The maximum atomic E-state index is 5.14. The molecule has 1 N–H and O–H groups in total. The molecular formula is C16H17N5O. The lowest BCUT2D eigenvalue weighted by Gasteiger charge is -2.20. The molecule has 0 saturated carbocycles. The Labute approximate surface area is 128 Å². The lowest BCUT2D eigenvalue weighted by Crippen LogP contribution is -2.17. The van der Waals surface area contributed by atoms with E-state index in [0.29, 0.717) is 5.88 Å². The standard InChI is InChI=1S/C16H17N5O/c1-22-16-9-15(18-11-19-16)20-14(10-21-8-7-17-12-21)13-5-3-2-4-6-13/h2-9,11-12,14H,10H2,1H3,(H,18,19,20)/t14-/m0/s1. The van der Waals surface area contributed by atoms with E-state index in [9.17, 15) is 0 Å². The van der Waals surface area contributed by atoms with Crippen LogP contribution < -0.4 is 10.1 Å². The average Bonchev–Trinajstić information content (AvgIpc) is 3.08. The summed E-state index contributed by atoms with van der Waals surface area (Å²) in [5.41, 5.74) is 1.17. The van der Waals surface area contributed by atoms with Gasteiger partial charge >= 0.3 is 0 Å². The van der Waals surface area contributed by atoms with Gasteiger partial charge in [-0.15, -0.1) is 0 Å². The molecule has 0 spiro atoms. The maximum absolute atomic E-state index is 5.14. The van der Waals surface area contributed by atoms with Gasteiger partial charge in [0.15, 0.2) is 0 Å². The predicted octanol–water partition coefficient (Wildman–Crippen LogP) is 2.54. The summed E-state index contributed by atoms with van der Waals surface area (Å²) in [4.78, 5) is 12.4. The molecule has 0 saturated heterocycles. The highest BCUT2D eigenvalue weighted by Gasteiger charge is 2.13. The zero-order valence-corrected chi connectivity index (χ0v) is 12.3. The Hall–Kier alpha value is -2.89. The quantitative estimate of drug-likeness (QED) is 0.757. The molecule has 3 rings (SSSR count). The maximum Gasteiger partial charge on any atom is 0.218 e. The number of rotatable bonds is 6. The number of anilines is 1. The molecule has 0 aliphatic rings. The van der Waals surface area contributed by atoms with Crippen molar-refractivity contribution in [3.63, 3.8) is 0 Å². The molecule has 6 nitrogen and oxygen atoms in total. The fraction of sp³-hybridized carbons (Fsp3) is 0.188. The van der Waals surface area contributed by atoms with Crippen molar-refractivity contribution in [1.82, 2.24) is 19.5 Å².